The maximum atomic E-state index is 12.9. The molecule has 3 rings (SSSR count). The number of nitrogens with two attached hydrogens (primary N) is 1. The van der Waals surface area contributed by atoms with Crippen LogP contribution in [0.15, 0.2) is 47.4 Å². The van der Waals surface area contributed by atoms with Crippen molar-refractivity contribution in [2.24, 2.45) is 0 Å². The highest BCUT2D eigenvalue weighted by molar-refractivity contribution is 7.89. The van der Waals surface area contributed by atoms with Crippen molar-refractivity contribution < 1.29 is 17.9 Å². The monoisotopic (exact) mass is 398 g/mol. The van der Waals surface area contributed by atoms with Crippen molar-refractivity contribution in [2.45, 2.75) is 36.8 Å². The summed E-state index contributed by atoms with van der Waals surface area (Å²) >= 11 is 0. The Bertz CT molecular complexity index is 900. The van der Waals surface area contributed by atoms with Gasteiger partial charge in [-0.2, -0.15) is 0 Å². The van der Waals surface area contributed by atoms with Crippen molar-refractivity contribution in [3.05, 3.63) is 48.0 Å². The number of halogens is 1. The second-order valence-corrected chi connectivity index (χ2v) is 8.37. The number of nitrogen functional groups attached to an aromatic ring is 1. The zero-order chi connectivity index (χ0) is 18.2. The van der Waals surface area contributed by atoms with E-state index >= 15 is 0 Å². The van der Waals surface area contributed by atoms with E-state index in [1.165, 1.54) is 13.2 Å². The Morgan fingerprint density at radius 3 is 2.62 bits per heavy atom. The minimum absolute atomic E-state index is 0. The summed E-state index contributed by atoms with van der Waals surface area (Å²) in [6.45, 7) is 3.85. The van der Waals surface area contributed by atoms with Crippen molar-refractivity contribution in [1.29, 1.82) is 0 Å². The molecule has 0 spiro atoms. The SMILES string of the molecule is COc1ccccc1S(=O)(=O)NC1CC(C)(C)Oc2ccc(N)cc21.Cl. The smallest absolute Gasteiger partial charge is 0.244 e. The summed E-state index contributed by atoms with van der Waals surface area (Å²) in [5.74, 6) is 0.937. The molecule has 1 atom stereocenters. The molecule has 3 N–H and O–H groups in total. The van der Waals surface area contributed by atoms with E-state index < -0.39 is 21.7 Å². The Labute approximate surface area is 160 Å². The molecular formula is C18H23ClN2O4S. The second kappa shape index (κ2) is 7.34. The Morgan fingerprint density at radius 1 is 1.23 bits per heavy atom. The van der Waals surface area contributed by atoms with Crippen LogP contribution < -0.4 is 19.9 Å². The number of fused-ring (bicyclic) bond motifs is 1. The molecule has 2 aromatic carbocycles. The third-order valence-corrected chi connectivity index (χ3v) is 5.66. The Morgan fingerprint density at radius 2 is 1.92 bits per heavy atom. The first-order chi connectivity index (χ1) is 11.7. The van der Waals surface area contributed by atoms with Gasteiger partial charge in [-0.3, -0.25) is 0 Å². The summed E-state index contributed by atoms with van der Waals surface area (Å²) < 4.78 is 39.8. The van der Waals surface area contributed by atoms with Crippen LogP contribution in [0.2, 0.25) is 0 Å². The topological polar surface area (TPSA) is 90.7 Å². The lowest BCUT2D eigenvalue weighted by atomic mass is 9.90. The van der Waals surface area contributed by atoms with E-state index in [1.54, 1.807) is 36.4 Å². The number of sulfonamides is 1. The van der Waals surface area contributed by atoms with Gasteiger partial charge < -0.3 is 15.2 Å². The number of hydrogen-bond donors (Lipinski definition) is 2. The standard InChI is InChI=1S/C18H22N2O4S.ClH/c1-18(2)11-14(13-10-12(19)8-9-15(13)24-18)20-25(21,22)17-7-5-4-6-16(17)23-3;/h4-10,14,20H,11,19H2,1-3H3;1H. The molecule has 0 saturated carbocycles. The molecule has 0 saturated heterocycles. The summed E-state index contributed by atoms with van der Waals surface area (Å²) in [5, 5.41) is 0. The van der Waals surface area contributed by atoms with Crippen LogP contribution in [-0.2, 0) is 10.0 Å². The fourth-order valence-electron chi connectivity index (χ4n) is 3.07. The fourth-order valence-corrected chi connectivity index (χ4v) is 4.46. The van der Waals surface area contributed by atoms with E-state index in [0.29, 0.717) is 23.6 Å². The van der Waals surface area contributed by atoms with Crippen LogP contribution in [0, 0.1) is 0 Å². The van der Waals surface area contributed by atoms with Crippen LogP contribution in [-0.4, -0.2) is 21.1 Å². The van der Waals surface area contributed by atoms with E-state index in [1.807, 2.05) is 13.8 Å². The van der Waals surface area contributed by atoms with Crippen molar-refractivity contribution in [3.8, 4) is 11.5 Å². The number of benzene rings is 2. The summed E-state index contributed by atoms with van der Waals surface area (Å²) in [7, 11) is -2.33. The molecule has 0 fully saturated rings. The van der Waals surface area contributed by atoms with Crippen LogP contribution >= 0.6 is 12.4 Å². The highest BCUT2D eigenvalue weighted by atomic mass is 35.5. The average molecular weight is 399 g/mol. The number of para-hydroxylation sites is 1. The maximum Gasteiger partial charge on any atom is 0.244 e. The van der Waals surface area contributed by atoms with Crippen molar-refractivity contribution in [3.63, 3.8) is 0 Å². The van der Waals surface area contributed by atoms with Crippen LogP contribution in [0.3, 0.4) is 0 Å². The summed E-state index contributed by atoms with van der Waals surface area (Å²) in [6, 6.07) is 11.3. The molecule has 142 valence electrons. The summed E-state index contributed by atoms with van der Waals surface area (Å²) in [6.07, 6.45) is 0.484. The lowest BCUT2D eigenvalue weighted by Crippen LogP contribution is -2.41. The molecule has 1 heterocycles. The minimum Gasteiger partial charge on any atom is -0.495 e. The molecule has 0 amide bonds. The van der Waals surface area contributed by atoms with E-state index in [-0.39, 0.29) is 17.3 Å². The third-order valence-electron chi connectivity index (χ3n) is 4.15. The van der Waals surface area contributed by atoms with E-state index in [0.717, 1.165) is 5.56 Å². The zero-order valence-corrected chi connectivity index (χ0v) is 16.5. The van der Waals surface area contributed by atoms with Gasteiger partial charge in [0.05, 0.1) is 13.2 Å². The van der Waals surface area contributed by atoms with Crippen LogP contribution in [0.4, 0.5) is 5.69 Å². The molecule has 2 aromatic rings. The molecule has 0 aliphatic carbocycles. The Hall–Kier alpha value is -1.96. The van der Waals surface area contributed by atoms with Gasteiger partial charge in [0.2, 0.25) is 10.0 Å². The number of methoxy groups -OCH3 is 1. The van der Waals surface area contributed by atoms with Gasteiger partial charge in [0.1, 0.15) is 22.0 Å². The number of anilines is 1. The first kappa shape index (κ1) is 20.4. The maximum absolute atomic E-state index is 12.9. The molecule has 0 aromatic heterocycles. The van der Waals surface area contributed by atoms with Gasteiger partial charge in [-0.1, -0.05) is 12.1 Å². The van der Waals surface area contributed by atoms with E-state index in [4.69, 9.17) is 15.2 Å². The molecule has 1 unspecified atom stereocenters. The molecule has 8 heteroatoms. The lowest BCUT2D eigenvalue weighted by molar-refractivity contribution is 0.0702. The lowest BCUT2D eigenvalue weighted by Gasteiger charge is -2.37. The van der Waals surface area contributed by atoms with Crippen LogP contribution in [0.25, 0.3) is 0 Å². The number of rotatable bonds is 4. The molecule has 26 heavy (non-hydrogen) atoms. The van der Waals surface area contributed by atoms with E-state index in [2.05, 4.69) is 4.72 Å². The molecule has 1 aliphatic rings. The van der Waals surface area contributed by atoms with Gasteiger partial charge in [0, 0.05) is 17.7 Å². The number of hydrogen-bond acceptors (Lipinski definition) is 5. The largest absolute Gasteiger partial charge is 0.495 e. The van der Waals surface area contributed by atoms with Gasteiger partial charge in [0.15, 0.2) is 0 Å². The molecule has 1 aliphatic heterocycles. The first-order valence-corrected chi connectivity index (χ1v) is 9.44. The normalized spacial score (nSPS) is 18.2. The van der Waals surface area contributed by atoms with Gasteiger partial charge in [-0.05, 0) is 44.2 Å². The Balaban J connectivity index is 0.00000243. The third kappa shape index (κ3) is 4.06. The fraction of sp³-hybridized carbons (Fsp3) is 0.333. The molecule has 0 radical (unpaired) electrons. The first-order valence-electron chi connectivity index (χ1n) is 7.96. The molecule has 6 nitrogen and oxygen atoms in total. The van der Waals surface area contributed by atoms with Crippen LogP contribution in [0.1, 0.15) is 31.9 Å². The van der Waals surface area contributed by atoms with E-state index in [9.17, 15) is 8.42 Å². The highest BCUT2D eigenvalue weighted by Crippen LogP contribution is 2.41. The van der Waals surface area contributed by atoms with Gasteiger partial charge in [-0.25, -0.2) is 13.1 Å². The van der Waals surface area contributed by atoms with Gasteiger partial charge >= 0.3 is 0 Å². The number of nitrogens with one attached hydrogen (secondary N) is 1. The number of ether oxygens (including phenoxy) is 2. The molecular weight excluding hydrogens is 376 g/mol. The van der Waals surface area contributed by atoms with Gasteiger partial charge in [-0.15, -0.1) is 12.4 Å². The minimum atomic E-state index is -3.78. The Kier molecular flexibility index (Phi) is 5.75. The average Bonchev–Trinajstić information content (AvgIpc) is 2.54. The predicted molar refractivity (Wildman–Crippen MR) is 103 cm³/mol. The zero-order valence-electron chi connectivity index (χ0n) is 14.9. The predicted octanol–water partition coefficient (Wildman–Crippen LogP) is 3.28. The summed E-state index contributed by atoms with van der Waals surface area (Å²) in [5.41, 5.74) is 6.67. The molecule has 0 bridgehead atoms. The highest BCUT2D eigenvalue weighted by Gasteiger charge is 2.36. The van der Waals surface area contributed by atoms with Crippen LogP contribution in [0.5, 0.6) is 11.5 Å². The van der Waals surface area contributed by atoms with Gasteiger partial charge in [0.25, 0.3) is 0 Å². The van der Waals surface area contributed by atoms with Crippen molar-refractivity contribution >= 4 is 28.1 Å². The van der Waals surface area contributed by atoms with Crippen molar-refractivity contribution in [1.82, 2.24) is 4.72 Å². The quantitative estimate of drug-likeness (QED) is 0.771. The second-order valence-electron chi connectivity index (χ2n) is 6.69. The van der Waals surface area contributed by atoms with Crippen molar-refractivity contribution in [2.75, 3.05) is 12.8 Å². The summed E-state index contributed by atoms with van der Waals surface area (Å²) in [4.78, 5) is 0.104.